The zero-order valence-electron chi connectivity index (χ0n) is 12.0. The minimum atomic E-state index is -0.954. The molecule has 1 heterocycles. The first kappa shape index (κ1) is 14.8. The van der Waals surface area contributed by atoms with Gasteiger partial charge < -0.3 is 15.0 Å². The van der Waals surface area contributed by atoms with Crippen molar-refractivity contribution in [1.29, 1.82) is 0 Å². The quantitative estimate of drug-likeness (QED) is 0.882. The van der Waals surface area contributed by atoms with Gasteiger partial charge in [-0.25, -0.2) is 0 Å². The molecule has 0 bridgehead atoms. The Hall–Kier alpha value is -2.56. The van der Waals surface area contributed by atoms with Gasteiger partial charge in [-0.2, -0.15) is 0 Å². The molecule has 0 aliphatic rings. The normalized spacial score (nSPS) is 11.9. The molecule has 5 heteroatoms. The maximum atomic E-state index is 12.1. The summed E-state index contributed by atoms with van der Waals surface area (Å²) in [7, 11) is 1.80. The lowest BCUT2D eigenvalue weighted by atomic mass is 9.99. The summed E-state index contributed by atoms with van der Waals surface area (Å²) in [5.74, 6) is -1.98. The summed E-state index contributed by atoms with van der Waals surface area (Å²) in [4.78, 5) is 23.5. The monoisotopic (exact) mass is 286 g/mol. The molecule has 0 saturated heterocycles. The maximum absolute atomic E-state index is 12.1. The zero-order chi connectivity index (χ0) is 15.4. The van der Waals surface area contributed by atoms with E-state index in [1.165, 1.54) is 0 Å². The number of carboxylic acids is 1. The van der Waals surface area contributed by atoms with E-state index in [-0.39, 0.29) is 12.5 Å². The van der Waals surface area contributed by atoms with Crippen LogP contribution in [0.1, 0.15) is 27.7 Å². The highest BCUT2D eigenvalue weighted by Crippen LogP contribution is 2.15. The van der Waals surface area contributed by atoms with Crippen LogP contribution >= 0.6 is 0 Å². The Bertz CT molecular complexity index is 647. The Balaban J connectivity index is 2.08. The van der Waals surface area contributed by atoms with Gasteiger partial charge in [0.05, 0.1) is 5.92 Å². The number of aromatic nitrogens is 1. The molecule has 1 aromatic carbocycles. The average Bonchev–Trinajstić information content (AvgIpc) is 2.80. The van der Waals surface area contributed by atoms with Crippen LogP contribution in [0.15, 0.2) is 42.5 Å². The Labute approximate surface area is 123 Å². The van der Waals surface area contributed by atoms with Crippen LogP contribution in [0.2, 0.25) is 0 Å². The summed E-state index contributed by atoms with van der Waals surface area (Å²) in [6, 6.07) is 12.5. The van der Waals surface area contributed by atoms with E-state index < -0.39 is 11.9 Å². The zero-order valence-corrected chi connectivity index (χ0v) is 12.0. The molecule has 5 nitrogen and oxygen atoms in total. The number of carbonyl (C=O) groups is 2. The molecular formula is C16H18N2O3. The van der Waals surface area contributed by atoms with Crippen molar-refractivity contribution < 1.29 is 14.7 Å². The molecule has 110 valence electrons. The van der Waals surface area contributed by atoms with Crippen LogP contribution in [0.3, 0.4) is 0 Å². The van der Waals surface area contributed by atoms with Crippen LogP contribution in [-0.4, -0.2) is 28.1 Å². The third-order valence-electron chi connectivity index (χ3n) is 3.57. The van der Waals surface area contributed by atoms with Gasteiger partial charge in [0.15, 0.2) is 0 Å². The number of nitrogens with one attached hydrogen (secondary N) is 1. The Kier molecular flexibility index (Phi) is 4.42. The van der Waals surface area contributed by atoms with Crippen LogP contribution in [0.4, 0.5) is 0 Å². The van der Waals surface area contributed by atoms with E-state index in [4.69, 9.17) is 0 Å². The minimum absolute atomic E-state index is 0.0579. The number of aryl methyl sites for hydroxylation is 1. The van der Waals surface area contributed by atoms with E-state index in [2.05, 4.69) is 5.32 Å². The van der Waals surface area contributed by atoms with Crippen molar-refractivity contribution in [3.05, 3.63) is 59.4 Å². The number of aliphatic carboxylic acids is 1. The molecule has 2 rings (SSSR count). The van der Waals surface area contributed by atoms with Crippen molar-refractivity contribution in [2.45, 2.75) is 12.8 Å². The van der Waals surface area contributed by atoms with Gasteiger partial charge in [-0.15, -0.1) is 0 Å². The average molecular weight is 286 g/mol. The number of benzene rings is 1. The molecule has 0 spiro atoms. The highest BCUT2D eigenvalue weighted by Gasteiger charge is 2.21. The van der Waals surface area contributed by atoms with Gasteiger partial charge in [0, 0.05) is 19.3 Å². The van der Waals surface area contributed by atoms with E-state index in [1.54, 1.807) is 41.9 Å². The first-order valence-corrected chi connectivity index (χ1v) is 6.69. The second-order valence-electron chi connectivity index (χ2n) is 4.93. The first-order valence-electron chi connectivity index (χ1n) is 6.69. The molecule has 0 aliphatic carbocycles. The molecule has 0 saturated carbocycles. The van der Waals surface area contributed by atoms with E-state index in [9.17, 15) is 14.7 Å². The number of carboxylic acid groups (broad SMARTS) is 1. The number of hydrogen-bond acceptors (Lipinski definition) is 2. The Morgan fingerprint density at radius 1 is 1.19 bits per heavy atom. The fourth-order valence-corrected chi connectivity index (χ4v) is 2.16. The van der Waals surface area contributed by atoms with Crippen LogP contribution in [-0.2, 0) is 11.8 Å². The number of hydrogen-bond donors (Lipinski definition) is 2. The third kappa shape index (κ3) is 3.31. The van der Waals surface area contributed by atoms with E-state index in [1.807, 2.05) is 19.1 Å². The molecular weight excluding hydrogens is 268 g/mol. The molecule has 0 aliphatic heterocycles. The van der Waals surface area contributed by atoms with Gasteiger partial charge in [-0.1, -0.05) is 30.3 Å². The maximum Gasteiger partial charge on any atom is 0.312 e. The largest absolute Gasteiger partial charge is 0.481 e. The SMILES string of the molecule is Cc1ccc(C(=O)NCC(C(=O)O)c2ccccc2)n1C. The second kappa shape index (κ2) is 6.26. The molecule has 2 aromatic rings. The van der Waals surface area contributed by atoms with Gasteiger partial charge in [0.2, 0.25) is 0 Å². The molecule has 1 aromatic heterocycles. The van der Waals surface area contributed by atoms with Gasteiger partial charge >= 0.3 is 5.97 Å². The van der Waals surface area contributed by atoms with Gasteiger partial charge in [-0.3, -0.25) is 9.59 Å². The van der Waals surface area contributed by atoms with Gasteiger partial charge in [0.1, 0.15) is 5.69 Å². The van der Waals surface area contributed by atoms with Crippen LogP contribution in [0.25, 0.3) is 0 Å². The minimum Gasteiger partial charge on any atom is -0.481 e. The summed E-state index contributed by atoms with van der Waals surface area (Å²) in [6.45, 7) is 1.96. The van der Waals surface area contributed by atoms with Crippen molar-refractivity contribution in [3.63, 3.8) is 0 Å². The molecule has 21 heavy (non-hydrogen) atoms. The highest BCUT2D eigenvalue weighted by atomic mass is 16.4. The van der Waals surface area contributed by atoms with Gasteiger partial charge in [-0.05, 0) is 24.6 Å². The predicted octanol–water partition coefficient (Wildman–Crippen LogP) is 1.93. The van der Waals surface area contributed by atoms with Gasteiger partial charge in [0.25, 0.3) is 5.91 Å². The lowest BCUT2D eigenvalue weighted by Crippen LogP contribution is -2.32. The lowest BCUT2D eigenvalue weighted by molar-refractivity contribution is -0.138. The topological polar surface area (TPSA) is 71.3 Å². The summed E-state index contributed by atoms with van der Waals surface area (Å²) in [6.07, 6.45) is 0. The van der Waals surface area contributed by atoms with Crippen molar-refractivity contribution in [3.8, 4) is 0 Å². The fraction of sp³-hybridized carbons (Fsp3) is 0.250. The standard InChI is InChI=1S/C16H18N2O3/c1-11-8-9-14(18(11)2)15(19)17-10-13(16(20)21)12-6-4-3-5-7-12/h3-9,13H,10H2,1-2H3,(H,17,19)(H,20,21). The molecule has 1 unspecified atom stereocenters. The van der Waals surface area contributed by atoms with Crippen LogP contribution < -0.4 is 5.32 Å². The Morgan fingerprint density at radius 2 is 1.86 bits per heavy atom. The molecule has 2 N–H and O–H groups in total. The van der Waals surface area contributed by atoms with E-state index >= 15 is 0 Å². The molecule has 0 radical (unpaired) electrons. The number of rotatable bonds is 5. The smallest absolute Gasteiger partial charge is 0.312 e. The fourth-order valence-electron chi connectivity index (χ4n) is 2.16. The summed E-state index contributed by atoms with van der Waals surface area (Å²) >= 11 is 0. The highest BCUT2D eigenvalue weighted by molar-refractivity contribution is 5.93. The lowest BCUT2D eigenvalue weighted by Gasteiger charge is -2.14. The first-order chi connectivity index (χ1) is 10.0. The van der Waals surface area contributed by atoms with Crippen LogP contribution in [0, 0.1) is 6.92 Å². The van der Waals surface area contributed by atoms with E-state index in [0.717, 1.165) is 5.69 Å². The molecule has 1 atom stereocenters. The summed E-state index contributed by atoms with van der Waals surface area (Å²) in [5, 5.41) is 12.0. The van der Waals surface area contributed by atoms with Crippen molar-refractivity contribution in [1.82, 2.24) is 9.88 Å². The summed E-state index contributed by atoms with van der Waals surface area (Å²) in [5.41, 5.74) is 2.16. The number of nitrogens with zero attached hydrogens (tertiary/aromatic N) is 1. The Morgan fingerprint density at radius 3 is 2.38 bits per heavy atom. The molecule has 1 amide bonds. The van der Waals surface area contributed by atoms with Crippen LogP contribution in [0.5, 0.6) is 0 Å². The third-order valence-corrected chi connectivity index (χ3v) is 3.57. The summed E-state index contributed by atoms with van der Waals surface area (Å²) < 4.78 is 1.77. The number of carbonyl (C=O) groups excluding carboxylic acids is 1. The van der Waals surface area contributed by atoms with E-state index in [0.29, 0.717) is 11.3 Å². The second-order valence-corrected chi connectivity index (χ2v) is 4.93. The van der Waals surface area contributed by atoms with Crippen molar-refractivity contribution in [2.75, 3.05) is 6.54 Å². The van der Waals surface area contributed by atoms with Crippen molar-refractivity contribution in [2.24, 2.45) is 7.05 Å². The van der Waals surface area contributed by atoms with Crippen molar-refractivity contribution >= 4 is 11.9 Å². The number of amides is 1. The predicted molar refractivity (Wildman–Crippen MR) is 79.3 cm³/mol. The molecule has 0 fully saturated rings.